The van der Waals surface area contributed by atoms with E-state index >= 15 is 0 Å². The first-order valence-electron chi connectivity index (χ1n) is 7.57. The first-order chi connectivity index (χ1) is 12.9. The molecule has 1 heterocycles. The van der Waals surface area contributed by atoms with E-state index in [0.29, 0.717) is 38.7 Å². The lowest BCUT2D eigenvalue weighted by molar-refractivity contribution is -0.116. The molecule has 0 aliphatic rings. The summed E-state index contributed by atoms with van der Waals surface area (Å²) < 4.78 is 0. The SMILES string of the molecule is NC=C(C=NCC(N)=O)Nc1ncc(Cl)c(NCc2c(Cl)cccc2Cl)n1. The van der Waals surface area contributed by atoms with Crippen molar-refractivity contribution in [2.45, 2.75) is 6.54 Å². The Morgan fingerprint density at radius 2 is 1.93 bits per heavy atom. The summed E-state index contributed by atoms with van der Waals surface area (Å²) in [5.74, 6) is 0.0278. The highest BCUT2D eigenvalue weighted by molar-refractivity contribution is 6.36. The molecule has 1 aromatic carbocycles. The van der Waals surface area contributed by atoms with E-state index in [1.807, 2.05) is 0 Å². The quantitative estimate of drug-likeness (QED) is 0.478. The van der Waals surface area contributed by atoms with Crippen LogP contribution in [0.1, 0.15) is 5.56 Å². The van der Waals surface area contributed by atoms with E-state index in [9.17, 15) is 4.79 Å². The second-order valence-electron chi connectivity index (χ2n) is 5.13. The molecule has 0 fully saturated rings. The maximum absolute atomic E-state index is 10.7. The maximum atomic E-state index is 10.7. The number of hydrogen-bond acceptors (Lipinski definition) is 7. The van der Waals surface area contributed by atoms with E-state index in [1.54, 1.807) is 18.2 Å². The van der Waals surface area contributed by atoms with Crippen molar-refractivity contribution in [2.75, 3.05) is 17.2 Å². The minimum absolute atomic E-state index is 0.161. The van der Waals surface area contributed by atoms with Crippen molar-refractivity contribution in [3.05, 3.63) is 56.9 Å². The highest BCUT2D eigenvalue weighted by Gasteiger charge is 2.09. The van der Waals surface area contributed by atoms with Crippen LogP contribution in [0, 0.1) is 0 Å². The van der Waals surface area contributed by atoms with Gasteiger partial charge in [0.05, 0.1) is 11.9 Å². The summed E-state index contributed by atoms with van der Waals surface area (Å²) in [5, 5.41) is 7.28. The van der Waals surface area contributed by atoms with E-state index in [-0.39, 0.29) is 12.5 Å². The third-order valence-corrected chi connectivity index (χ3v) is 4.14. The van der Waals surface area contributed by atoms with Crippen molar-refractivity contribution >= 4 is 58.7 Å². The average molecular weight is 429 g/mol. The average Bonchev–Trinajstić information content (AvgIpc) is 2.62. The van der Waals surface area contributed by atoms with Crippen LogP contribution in [-0.4, -0.2) is 28.6 Å². The van der Waals surface area contributed by atoms with E-state index in [0.717, 1.165) is 0 Å². The predicted octanol–water partition coefficient (Wildman–Crippen LogP) is 2.82. The van der Waals surface area contributed by atoms with Crippen LogP contribution in [0.4, 0.5) is 11.8 Å². The number of aliphatic imine (C=N–C) groups is 1. The molecule has 0 saturated heterocycles. The van der Waals surface area contributed by atoms with Crippen LogP contribution in [0.5, 0.6) is 0 Å². The topological polar surface area (TPSA) is 131 Å². The zero-order valence-electron chi connectivity index (χ0n) is 13.9. The number of primary amides is 1. The largest absolute Gasteiger partial charge is 0.403 e. The lowest BCUT2D eigenvalue weighted by Gasteiger charge is -2.12. The minimum Gasteiger partial charge on any atom is -0.403 e. The summed E-state index contributed by atoms with van der Waals surface area (Å²) in [5.41, 5.74) is 11.6. The number of halogens is 3. The van der Waals surface area contributed by atoms with E-state index in [2.05, 4.69) is 25.6 Å². The van der Waals surface area contributed by atoms with Crippen LogP contribution in [0.2, 0.25) is 15.1 Å². The van der Waals surface area contributed by atoms with Crippen LogP contribution in [0.3, 0.4) is 0 Å². The van der Waals surface area contributed by atoms with Crippen molar-refractivity contribution in [3.8, 4) is 0 Å². The number of rotatable bonds is 8. The number of nitrogens with two attached hydrogens (primary N) is 2. The molecular formula is C16H16Cl3N7O. The summed E-state index contributed by atoms with van der Waals surface area (Å²) in [6.07, 6.45) is 4.01. The maximum Gasteiger partial charge on any atom is 0.239 e. The zero-order chi connectivity index (χ0) is 19.8. The van der Waals surface area contributed by atoms with Gasteiger partial charge in [0.25, 0.3) is 0 Å². The molecule has 0 aliphatic carbocycles. The number of nitrogens with zero attached hydrogens (tertiary/aromatic N) is 3. The molecule has 11 heteroatoms. The number of carbonyl (C=O) groups excluding carboxylic acids is 1. The smallest absolute Gasteiger partial charge is 0.239 e. The molecule has 0 unspecified atom stereocenters. The minimum atomic E-state index is -0.560. The molecule has 1 amide bonds. The number of allylic oxidation sites excluding steroid dienone is 1. The van der Waals surface area contributed by atoms with Crippen molar-refractivity contribution in [1.82, 2.24) is 9.97 Å². The number of nitrogens with one attached hydrogen (secondary N) is 2. The predicted molar refractivity (Wildman–Crippen MR) is 109 cm³/mol. The number of aromatic nitrogens is 2. The fraction of sp³-hybridized carbons (Fsp3) is 0.125. The summed E-state index contributed by atoms with van der Waals surface area (Å²) in [6, 6.07) is 5.24. The van der Waals surface area contributed by atoms with Crippen LogP contribution in [0.25, 0.3) is 0 Å². The third-order valence-electron chi connectivity index (χ3n) is 3.15. The Hall–Kier alpha value is -2.55. The first-order valence-corrected chi connectivity index (χ1v) is 8.70. The summed E-state index contributed by atoms with van der Waals surface area (Å²) in [4.78, 5) is 22.9. The van der Waals surface area contributed by atoms with E-state index in [4.69, 9.17) is 46.3 Å². The van der Waals surface area contributed by atoms with Crippen molar-refractivity contribution < 1.29 is 4.79 Å². The van der Waals surface area contributed by atoms with Crippen molar-refractivity contribution in [1.29, 1.82) is 0 Å². The summed E-state index contributed by atoms with van der Waals surface area (Å²) >= 11 is 18.4. The Kier molecular flexibility index (Phi) is 7.66. The molecule has 27 heavy (non-hydrogen) atoms. The molecule has 8 nitrogen and oxygen atoms in total. The van der Waals surface area contributed by atoms with Crippen molar-refractivity contribution in [2.24, 2.45) is 16.5 Å². The van der Waals surface area contributed by atoms with Gasteiger partial charge in [-0.15, -0.1) is 0 Å². The van der Waals surface area contributed by atoms with Crippen LogP contribution >= 0.6 is 34.8 Å². The standard InChI is InChI=1S/C16H16Cl3N7O/c17-11-2-1-3-12(18)10(11)6-23-15-13(19)7-24-16(26-15)25-9(4-20)5-22-8-14(21)27/h1-5,7H,6,8,20H2,(H2,21,27)(H2,23,24,25,26). The highest BCUT2D eigenvalue weighted by atomic mass is 35.5. The first kappa shape index (κ1) is 20.8. The van der Waals surface area contributed by atoms with Gasteiger partial charge in [-0.3, -0.25) is 9.79 Å². The van der Waals surface area contributed by atoms with Crippen LogP contribution < -0.4 is 22.1 Å². The Balaban J connectivity index is 2.11. The molecule has 1 aromatic heterocycles. The van der Waals surface area contributed by atoms with Crippen molar-refractivity contribution in [3.63, 3.8) is 0 Å². The summed E-state index contributed by atoms with van der Waals surface area (Å²) in [7, 11) is 0. The molecule has 2 aromatic rings. The molecule has 0 atom stereocenters. The van der Waals surface area contributed by atoms with E-state index in [1.165, 1.54) is 18.6 Å². The second-order valence-corrected chi connectivity index (χ2v) is 6.35. The molecule has 6 N–H and O–H groups in total. The Bertz CT molecular complexity index is 866. The summed E-state index contributed by atoms with van der Waals surface area (Å²) in [6.45, 7) is 0.153. The lowest BCUT2D eigenvalue weighted by Crippen LogP contribution is -2.15. The number of carbonyl (C=O) groups is 1. The normalized spacial score (nSPS) is 11.6. The molecule has 0 saturated carbocycles. The monoisotopic (exact) mass is 427 g/mol. The Labute approximate surface area is 170 Å². The molecule has 0 aliphatic heterocycles. The van der Waals surface area contributed by atoms with Gasteiger partial charge in [0.15, 0.2) is 5.82 Å². The van der Waals surface area contributed by atoms with Gasteiger partial charge in [0.1, 0.15) is 11.6 Å². The lowest BCUT2D eigenvalue weighted by atomic mass is 10.2. The van der Waals surface area contributed by atoms with E-state index < -0.39 is 5.91 Å². The molecule has 0 bridgehead atoms. The molecular weight excluding hydrogens is 413 g/mol. The molecule has 2 rings (SSSR count). The number of amides is 1. The van der Waals surface area contributed by atoms with Gasteiger partial charge < -0.3 is 22.1 Å². The van der Waals surface area contributed by atoms with Gasteiger partial charge in [-0.25, -0.2) is 4.98 Å². The Morgan fingerprint density at radius 3 is 2.56 bits per heavy atom. The zero-order valence-corrected chi connectivity index (χ0v) is 16.2. The van der Waals surface area contributed by atoms with Gasteiger partial charge in [0.2, 0.25) is 11.9 Å². The number of anilines is 2. The molecule has 142 valence electrons. The third kappa shape index (κ3) is 6.28. The van der Waals surface area contributed by atoms with Gasteiger partial charge >= 0.3 is 0 Å². The Morgan fingerprint density at radius 1 is 1.22 bits per heavy atom. The number of benzene rings is 1. The van der Waals surface area contributed by atoms with Crippen LogP contribution in [-0.2, 0) is 11.3 Å². The molecule has 0 spiro atoms. The second kappa shape index (κ2) is 9.96. The van der Waals surface area contributed by atoms with Gasteiger partial charge in [-0.2, -0.15) is 4.98 Å². The fourth-order valence-electron chi connectivity index (χ4n) is 1.90. The fourth-order valence-corrected chi connectivity index (χ4v) is 2.59. The number of hydrogen-bond donors (Lipinski definition) is 4. The molecule has 0 radical (unpaired) electrons. The van der Waals surface area contributed by atoms with Crippen LogP contribution in [0.15, 0.2) is 41.3 Å². The highest BCUT2D eigenvalue weighted by Crippen LogP contribution is 2.26. The van der Waals surface area contributed by atoms with Gasteiger partial charge in [-0.1, -0.05) is 40.9 Å². The van der Waals surface area contributed by atoms with Gasteiger partial charge in [0, 0.05) is 34.6 Å². The van der Waals surface area contributed by atoms with Gasteiger partial charge in [-0.05, 0) is 12.1 Å².